The number of anilines is 1. The van der Waals surface area contributed by atoms with Gasteiger partial charge in [-0.25, -0.2) is 9.48 Å². The highest BCUT2D eigenvalue weighted by Gasteiger charge is 2.22. The van der Waals surface area contributed by atoms with Crippen molar-refractivity contribution in [1.82, 2.24) is 15.2 Å². The van der Waals surface area contributed by atoms with E-state index in [1.807, 2.05) is 17.9 Å². The van der Waals surface area contributed by atoms with E-state index in [-0.39, 0.29) is 11.1 Å². The molecule has 180 valence electrons. The standard InChI is InChI=1S/C26H27N5O3S/c1-15(23-16(2)29-31(24(23)32)21-10-8-17-5-3-6-18(17)14-21)27-28-26(35)30-12-4-7-19-13-20(25(33)34)9-11-22(19)30/h8-11,13-14,29H,3-7,12H2,1-2H3,(H,28,35)(H,33,34)/b27-15+. The number of hydrogen-bond acceptors (Lipinski definition) is 4. The molecule has 1 aliphatic carbocycles. The van der Waals surface area contributed by atoms with Crippen LogP contribution in [0, 0.1) is 6.92 Å². The molecule has 0 radical (unpaired) electrons. The zero-order chi connectivity index (χ0) is 24.7. The first-order valence-electron chi connectivity index (χ1n) is 11.8. The average Bonchev–Trinajstić information content (AvgIpc) is 3.44. The molecule has 5 rings (SSSR count). The smallest absolute Gasteiger partial charge is 0.335 e. The van der Waals surface area contributed by atoms with E-state index in [1.54, 1.807) is 29.8 Å². The third kappa shape index (κ3) is 4.27. The van der Waals surface area contributed by atoms with E-state index in [0.717, 1.165) is 54.7 Å². The normalized spacial score (nSPS) is 15.0. The molecular weight excluding hydrogens is 462 g/mol. The SMILES string of the molecule is C/C(=N\NC(=S)N1CCCc2cc(C(=O)O)ccc21)c1c(C)[nH]n(-c2ccc3c(c2)CCC3)c1=O. The molecule has 0 saturated carbocycles. The number of thiocarbonyl (C=S) groups is 1. The van der Waals surface area contributed by atoms with Gasteiger partial charge >= 0.3 is 5.97 Å². The van der Waals surface area contributed by atoms with Crippen LogP contribution in [-0.4, -0.2) is 38.2 Å². The molecular formula is C26H27N5O3S. The fourth-order valence-electron chi connectivity index (χ4n) is 5.04. The highest BCUT2D eigenvalue weighted by Crippen LogP contribution is 2.28. The lowest BCUT2D eigenvalue weighted by Crippen LogP contribution is -2.41. The van der Waals surface area contributed by atoms with Crippen LogP contribution in [0.4, 0.5) is 5.69 Å². The summed E-state index contributed by atoms with van der Waals surface area (Å²) in [5, 5.41) is 17.3. The molecule has 2 heterocycles. The summed E-state index contributed by atoms with van der Waals surface area (Å²) in [6.45, 7) is 4.34. The third-order valence-electron chi connectivity index (χ3n) is 6.78. The van der Waals surface area contributed by atoms with E-state index in [0.29, 0.717) is 22.9 Å². The fourth-order valence-corrected chi connectivity index (χ4v) is 5.28. The zero-order valence-corrected chi connectivity index (χ0v) is 20.5. The summed E-state index contributed by atoms with van der Waals surface area (Å²) in [7, 11) is 0. The highest BCUT2D eigenvalue weighted by atomic mass is 32.1. The number of aromatic amines is 1. The number of hydrazone groups is 1. The quantitative estimate of drug-likeness (QED) is 0.293. The van der Waals surface area contributed by atoms with Crippen molar-refractivity contribution in [1.29, 1.82) is 0 Å². The van der Waals surface area contributed by atoms with Crippen molar-refractivity contribution in [2.45, 2.75) is 46.0 Å². The van der Waals surface area contributed by atoms with Crippen LogP contribution in [0.2, 0.25) is 0 Å². The molecule has 2 aromatic carbocycles. The Morgan fingerprint density at radius 1 is 1.09 bits per heavy atom. The maximum atomic E-state index is 13.3. The van der Waals surface area contributed by atoms with Gasteiger partial charge < -0.3 is 10.0 Å². The van der Waals surface area contributed by atoms with Gasteiger partial charge in [0.05, 0.1) is 22.5 Å². The molecule has 0 amide bonds. The summed E-state index contributed by atoms with van der Waals surface area (Å²) in [4.78, 5) is 26.5. The van der Waals surface area contributed by atoms with Crippen molar-refractivity contribution < 1.29 is 9.90 Å². The van der Waals surface area contributed by atoms with E-state index in [9.17, 15) is 14.7 Å². The predicted molar refractivity (Wildman–Crippen MR) is 140 cm³/mol. The van der Waals surface area contributed by atoms with E-state index in [1.165, 1.54) is 11.1 Å². The second kappa shape index (κ2) is 9.14. The average molecular weight is 490 g/mol. The molecule has 8 nitrogen and oxygen atoms in total. The van der Waals surface area contributed by atoms with Crippen LogP contribution in [0.3, 0.4) is 0 Å². The molecule has 0 saturated heterocycles. The summed E-state index contributed by atoms with van der Waals surface area (Å²) in [5.74, 6) is -0.946. The van der Waals surface area contributed by atoms with Crippen LogP contribution in [0.1, 0.15) is 58.1 Å². The van der Waals surface area contributed by atoms with Crippen molar-refractivity contribution in [2.75, 3.05) is 11.4 Å². The number of aromatic carboxylic acids is 1. The van der Waals surface area contributed by atoms with Gasteiger partial charge in [0, 0.05) is 17.9 Å². The van der Waals surface area contributed by atoms with Gasteiger partial charge in [-0.1, -0.05) is 6.07 Å². The minimum absolute atomic E-state index is 0.154. The van der Waals surface area contributed by atoms with Crippen molar-refractivity contribution in [3.8, 4) is 5.69 Å². The molecule has 3 N–H and O–H groups in total. The number of carboxylic acid groups (broad SMARTS) is 1. The monoisotopic (exact) mass is 489 g/mol. The largest absolute Gasteiger partial charge is 0.478 e. The molecule has 0 bridgehead atoms. The highest BCUT2D eigenvalue weighted by molar-refractivity contribution is 7.80. The summed E-state index contributed by atoms with van der Waals surface area (Å²) < 4.78 is 1.57. The first-order valence-corrected chi connectivity index (χ1v) is 12.2. The van der Waals surface area contributed by atoms with Gasteiger partial charge in [0.2, 0.25) is 0 Å². The van der Waals surface area contributed by atoms with Crippen molar-refractivity contribution >= 4 is 34.7 Å². The second-order valence-corrected chi connectivity index (χ2v) is 9.46. The van der Waals surface area contributed by atoms with E-state index >= 15 is 0 Å². The molecule has 0 spiro atoms. The topological polar surface area (TPSA) is 103 Å². The lowest BCUT2D eigenvalue weighted by molar-refractivity contribution is 0.0696. The molecule has 3 aromatic rings. The van der Waals surface area contributed by atoms with E-state index < -0.39 is 5.97 Å². The van der Waals surface area contributed by atoms with Crippen molar-refractivity contribution in [2.24, 2.45) is 5.10 Å². The number of benzene rings is 2. The lowest BCUT2D eigenvalue weighted by Gasteiger charge is -2.31. The van der Waals surface area contributed by atoms with Gasteiger partial charge in [0.1, 0.15) is 0 Å². The van der Waals surface area contributed by atoms with Crippen LogP contribution in [0.25, 0.3) is 5.69 Å². The summed E-state index contributed by atoms with van der Waals surface area (Å²) in [6, 6.07) is 11.2. The van der Waals surface area contributed by atoms with E-state index in [4.69, 9.17) is 12.2 Å². The van der Waals surface area contributed by atoms with Crippen LogP contribution < -0.4 is 15.9 Å². The third-order valence-corrected chi connectivity index (χ3v) is 7.09. The molecule has 9 heteroatoms. The number of hydrogen-bond donors (Lipinski definition) is 3. The Labute approximate surface area is 208 Å². The summed E-state index contributed by atoms with van der Waals surface area (Å²) in [5.41, 5.74) is 10.1. The Balaban J connectivity index is 1.37. The Hall–Kier alpha value is -3.72. The number of nitrogens with one attached hydrogen (secondary N) is 2. The van der Waals surface area contributed by atoms with Crippen LogP contribution >= 0.6 is 12.2 Å². The number of rotatable bonds is 4. The molecule has 35 heavy (non-hydrogen) atoms. The molecule has 0 unspecified atom stereocenters. The Kier molecular flexibility index (Phi) is 6.02. The minimum Gasteiger partial charge on any atom is -0.478 e. The van der Waals surface area contributed by atoms with Crippen LogP contribution in [0.5, 0.6) is 0 Å². The molecule has 2 aliphatic rings. The maximum absolute atomic E-state index is 13.3. The van der Waals surface area contributed by atoms with Crippen molar-refractivity contribution in [3.63, 3.8) is 0 Å². The van der Waals surface area contributed by atoms with Gasteiger partial charge in [-0.3, -0.25) is 15.3 Å². The molecule has 0 atom stereocenters. The Bertz CT molecular complexity index is 1440. The summed E-state index contributed by atoms with van der Waals surface area (Å²) in [6.07, 6.45) is 4.94. The van der Waals surface area contributed by atoms with Gasteiger partial charge in [-0.15, -0.1) is 0 Å². The number of aromatic nitrogens is 2. The number of carbonyl (C=O) groups is 1. The number of carboxylic acids is 1. The number of nitrogens with zero attached hydrogens (tertiary/aromatic N) is 3. The second-order valence-electron chi connectivity index (χ2n) is 9.08. The van der Waals surface area contributed by atoms with Crippen molar-refractivity contribution in [3.05, 3.63) is 80.3 Å². The molecule has 1 aromatic heterocycles. The van der Waals surface area contributed by atoms with Gasteiger partial charge in [0.25, 0.3) is 5.56 Å². The van der Waals surface area contributed by atoms with Gasteiger partial charge in [-0.05, 0) is 105 Å². The predicted octanol–water partition coefficient (Wildman–Crippen LogP) is 3.71. The minimum atomic E-state index is -0.946. The van der Waals surface area contributed by atoms with Gasteiger partial charge in [-0.2, -0.15) is 5.10 Å². The Morgan fingerprint density at radius 2 is 1.86 bits per heavy atom. The summed E-state index contributed by atoms with van der Waals surface area (Å²) >= 11 is 5.60. The number of aryl methyl sites for hydroxylation is 4. The number of fused-ring (bicyclic) bond motifs is 2. The maximum Gasteiger partial charge on any atom is 0.335 e. The number of H-pyrrole nitrogens is 1. The first kappa shape index (κ1) is 23.0. The Morgan fingerprint density at radius 3 is 2.66 bits per heavy atom. The van der Waals surface area contributed by atoms with E-state index in [2.05, 4.69) is 27.8 Å². The van der Waals surface area contributed by atoms with Crippen LogP contribution in [0.15, 0.2) is 46.3 Å². The van der Waals surface area contributed by atoms with Gasteiger partial charge in [0.15, 0.2) is 5.11 Å². The first-order chi connectivity index (χ1) is 16.8. The molecule has 1 aliphatic heterocycles. The molecule has 0 fully saturated rings. The lowest BCUT2D eigenvalue weighted by atomic mass is 9.99. The van der Waals surface area contributed by atoms with Crippen LogP contribution in [-0.2, 0) is 19.3 Å². The zero-order valence-electron chi connectivity index (χ0n) is 19.7. The fraction of sp³-hybridized carbons (Fsp3) is 0.308.